The standard InChI is InChI=1S/C22H21N5O2S/c1-13-6-7-19-18(10-13)16(12-24-19)8-9-23-20(28)15-4-3-5-17(11-15)25-21(29)22-27-26-14(2)30-22/h3-7,10-12,24H,8-9H2,1-2H3,(H,23,28)(H,25,29). The van der Waals surface area contributed by atoms with E-state index in [9.17, 15) is 9.59 Å². The molecule has 0 atom stereocenters. The van der Waals surface area contributed by atoms with E-state index in [1.54, 1.807) is 31.2 Å². The summed E-state index contributed by atoms with van der Waals surface area (Å²) in [5.74, 6) is -0.526. The molecule has 2 aromatic carbocycles. The summed E-state index contributed by atoms with van der Waals surface area (Å²) >= 11 is 1.22. The van der Waals surface area contributed by atoms with Crippen molar-refractivity contribution in [3.05, 3.63) is 75.4 Å². The third-order valence-corrected chi connectivity index (χ3v) is 5.54. The van der Waals surface area contributed by atoms with Crippen LogP contribution in [0, 0.1) is 13.8 Å². The fourth-order valence-corrected chi connectivity index (χ4v) is 3.81. The third kappa shape index (κ3) is 4.38. The molecule has 0 unspecified atom stereocenters. The Labute approximate surface area is 177 Å². The molecule has 0 fully saturated rings. The number of carbonyl (C=O) groups is 2. The summed E-state index contributed by atoms with van der Waals surface area (Å²) in [6.45, 7) is 4.37. The van der Waals surface area contributed by atoms with Gasteiger partial charge in [0.25, 0.3) is 11.8 Å². The van der Waals surface area contributed by atoms with E-state index in [2.05, 4.69) is 50.9 Å². The van der Waals surface area contributed by atoms with E-state index in [4.69, 9.17) is 0 Å². The van der Waals surface area contributed by atoms with Gasteiger partial charge in [0.2, 0.25) is 5.01 Å². The molecule has 2 aromatic heterocycles. The largest absolute Gasteiger partial charge is 0.361 e. The van der Waals surface area contributed by atoms with Gasteiger partial charge in [0.15, 0.2) is 0 Å². The zero-order chi connectivity index (χ0) is 21.1. The quantitative estimate of drug-likeness (QED) is 0.442. The molecule has 7 nitrogen and oxygen atoms in total. The van der Waals surface area contributed by atoms with Gasteiger partial charge in [-0.2, -0.15) is 0 Å². The number of amides is 2. The predicted molar refractivity (Wildman–Crippen MR) is 118 cm³/mol. The van der Waals surface area contributed by atoms with Crippen molar-refractivity contribution >= 4 is 39.7 Å². The highest BCUT2D eigenvalue weighted by Crippen LogP contribution is 2.20. The second kappa shape index (κ2) is 8.46. The van der Waals surface area contributed by atoms with Crippen LogP contribution in [-0.4, -0.2) is 33.5 Å². The van der Waals surface area contributed by atoms with Crippen LogP contribution in [0.25, 0.3) is 10.9 Å². The number of hydrogen-bond acceptors (Lipinski definition) is 5. The number of nitrogens with one attached hydrogen (secondary N) is 3. The first-order valence-electron chi connectivity index (χ1n) is 9.56. The van der Waals surface area contributed by atoms with Gasteiger partial charge in [-0.15, -0.1) is 10.2 Å². The molecule has 152 valence electrons. The summed E-state index contributed by atoms with van der Waals surface area (Å²) in [6, 6.07) is 13.1. The first-order chi connectivity index (χ1) is 14.5. The van der Waals surface area contributed by atoms with Crippen LogP contribution in [0.15, 0.2) is 48.7 Å². The molecule has 2 amide bonds. The van der Waals surface area contributed by atoms with Gasteiger partial charge in [-0.3, -0.25) is 9.59 Å². The van der Waals surface area contributed by atoms with Crippen LogP contribution >= 0.6 is 11.3 Å². The van der Waals surface area contributed by atoms with Gasteiger partial charge in [-0.05, 0) is 56.2 Å². The first-order valence-corrected chi connectivity index (χ1v) is 10.4. The SMILES string of the molecule is Cc1ccc2[nH]cc(CCNC(=O)c3cccc(NC(=O)c4nnc(C)s4)c3)c2c1. The van der Waals surface area contributed by atoms with Gasteiger partial charge in [-0.25, -0.2) is 0 Å². The summed E-state index contributed by atoms with van der Waals surface area (Å²) in [5, 5.41) is 15.6. The maximum atomic E-state index is 12.6. The second-order valence-electron chi connectivity index (χ2n) is 7.03. The average Bonchev–Trinajstić information content (AvgIpc) is 3.34. The number of anilines is 1. The summed E-state index contributed by atoms with van der Waals surface area (Å²) in [6.07, 6.45) is 2.71. The zero-order valence-corrected chi connectivity index (χ0v) is 17.5. The Morgan fingerprint density at radius 3 is 2.73 bits per heavy atom. The summed E-state index contributed by atoms with van der Waals surface area (Å²) in [4.78, 5) is 28.1. The predicted octanol–water partition coefficient (Wildman–Crippen LogP) is 3.86. The minimum atomic E-state index is -0.340. The molecular formula is C22H21N5O2S. The molecular weight excluding hydrogens is 398 g/mol. The number of aromatic amines is 1. The number of benzene rings is 2. The molecule has 2 heterocycles. The lowest BCUT2D eigenvalue weighted by molar-refractivity contribution is 0.0952. The third-order valence-electron chi connectivity index (χ3n) is 4.71. The lowest BCUT2D eigenvalue weighted by Gasteiger charge is -2.08. The zero-order valence-electron chi connectivity index (χ0n) is 16.7. The van der Waals surface area contributed by atoms with Gasteiger partial charge in [0.05, 0.1) is 0 Å². The molecule has 0 aliphatic carbocycles. The van der Waals surface area contributed by atoms with E-state index < -0.39 is 0 Å². The van der Waals surface area contributed by atoms with Crippen LogP contribution < -0.4 is 10.6 Å². The Morgan fingerprint density at radius 2 is 1.93 bits per heavy atom. The molecule has 0 aliphatic heterocycles. The van der Waals surface area contributed by atoms with E-state index in [0.29, 0.717) is 17.8 Å². The van der Waals surface area contributed by atoms with Gasteiger partial charge in [0, 0.05) is 34.9 Å². The Kier molecular flexibility index (Phi) is 5.58. The van der Waals surface area contributed by atoms with E-state index >= 15 is 0 Å². The van der Waals surface area contributed by atoms with Gasteiger partial charge >= 0.3 is 0 Å². The lowest BCUT2D eigenvalue weighted by Crippen LogP contribution is -2.25. The molecule has 0 saturated carbocycles. The minimum absolute atomic E-state index is 0.186. The van der Waals surface area contributed by atoms with Crippen LogP contribution in [0.3, 0.4) is 0 Å². The first kappa shape index (κ1) is 19.8. The summed E-state index contributed by atoms with van der Waals surface area (Å²) < 4.78 is 0. The number of fused-ring (bicyclic) bond motifs is 1. The van der Waals surface area contributed by atoms with Crippen LogP contribution in [0.1, 0.15) is 36.3 Å². The molecule has 4 aromatic rings. The highest BCUT2D eigenvalue weighted by Gasteiger charge is 2.13. The molecule has 0 aliphatic rings. The Balaban J connectivity index is 1.37. The van der Waals surface area contributed by atoms with Crippen molar-refractivity contribution in [2.45, 2.75) is 20.3 Å². The monoisotopic (exact) mass is 419 g/mol. The van der Waals surface area contributed by atoms with Crippen molar-refractivity contribution in [3.63, 3.8) is 0 Å². The molecule has 0 radical (unpaired) electrons. The molecule has 8 heteroatoms. The number of aryl methyl sites for hydroxylation is 2. The fourth-order valence-electron chi connectivity index (χ4n) is 3.22. The number of nitrogens with zero attached hydrogens (tertiary/aromatic N) is 2. The maximum Gasteiger partial charge on any atom is 0.286 e. The number of hydrogen-bond donors (Lipinski definition) is 3. The van der Waals surface area contributed by atoms with Crippen molar-refractivity contribution in [2.24, 2.45) is 0 Å². The normalized spacial score (nSPS) is 10.9. The molecule has 0 saturated heterocycles. The highest BCUT2D eigenvalue weighted by molar-refractivity contribution is 7.13. The van der Waals surface area contributed by atoms with Crippen molar-refractivity contribution in [3.8, 4) is 0 Å². The average molecular weight is 420 g/mol. The molecule has 0 spiro atoms. The number of H-pyrrole nitrogens is 1. The molecule has 0 bridgehead atoms. The topological polar surface area (TPSA) is 99.8 Å². The maximum absolute atomic E-state index is 12.6. The number of rotatable bonds is 6. The fraction of sp³-hybridized carbons (Fsp3) is 0.182. The van der Waals surface area contributed by atoms with E-state index in [1.807, 2.05) is 6.20 Å². The van der Waals surface area contributed by atoms with Crippen molar-refractivity contribution in [1.29, 1.82) is 0 Å². The van der Waals surface area contributed by atoms with Crippen LogP contribution in [0.5, 0.6) is 0 Å². The molecule has 3 N–H and O–H groups in total. The van der Waals surface area contributed by atoms with Crippen LogP contribution in [-0.2, 0) is 6.42 Å². The van der Waals surface area contributed by atoms with E-state index in [-0.39, 0.29) is 16.8 Å². The molecule has 4 rings (SSSR count). The second-order valence-corrected chi connectivity index (χ2v) is 8.21. The van der Waals surface area contributed by atoms with Crippen LogP contribution in [0.2, 0.25) is 0 Å². The summed E-state index contributed by atoms with van der Waals surface area (Å²) in [7, 11) is 0. The number of carbonyl (C=O) groups excluding carboxylic acids is 2. The van der Waals surface area contributed by atoms with Crippen molar-refractivity contribution in [2.75, 3.05) is 11.9 Å². The van der Waals surface area contributed by atoms with Gasteiger partial charge < -0.3 is 15.6 Å². The Hall–Kier alpha value is -3.52. The van der Waals surface area contributed by atoms with Crippen molar-refractivity contribution < 1.29 is 9.59 Å². The minimum Gasteiger partial charge on any atom is -0.361 e. The van der Waals surface area contributed by atoms with Crippen molar-refractivity contribution in [1.82, 2.24) is 20.5 Å². The highest BCUT2D eigenvalue weighted by atomic mass is 32.1. The Bertz CT molecular complexity index is 1230. The van der Waals surface area contributed by atoms with Gasteiger partial charge in [0.1, 0.15) is 5.01 Å². The lowest BCUT2D eigenvalue weighted by atomic mass is 10.1. The van der Waals surface area contributed by atoms with Gasteiger partial charge in [-0.1, -0.05) is 29.0 Å². The molecule has 30 heavy (non-hydrogen) atoms. The van der Waals surface area contributed by atoms with E-state index in [0.717, 1.165) is 16.9 Å². The summed E-state index contributed by atoms with van der Waals surface area (Å²) in [5.41, 5.74) is 4.48. The van der Waals surface area contributed by atoms with E-state index in [1.165, 1.54) is 27.8 Å². The smallest absolute Gasteiger partial charge is 0.286 e. The Morgan fingerprint density at radius 1 is 1.07 bits per heavy atom. The van der Waals surface area contributed by atoms with Crippen LogP contribution in [0.4, 0.5) is 5.69 Å². The number of aromatic nitrogens is 3.